The van der Waals surface area contributed by atoms with Crippen molar-refractivity contribution < 1.29 is 22.9 Å². The Balaban J connectivity index is 1.63. The Morgan fingerprint density at radius 2 is 2.04 bits per heavy atom. The molecular weight excluding hydrogens is 325 g/mol. The summed E-state index contributed by atoms with van der Waals surface area (Å²) in [6, 6.07) is 9.62. The van der Waals surface area contributed by atoms with Crippen LogP contribution in [-0.2, 0) is 16.1 Å². The summed E-state index contributed by atoms with van der Waals surface area (Å²) in [5, 5.41) is 3.80. The van der Waals surface area contributed by atoms with E-state index in [2.05, 4.69) is 5.16 Å². The molecule has 0 fully saturated rings. The fraction of sp³-hybridized carbons (Fsp3) is 0.158. The molecule has 1 aromatic carbocycles. The second-order valence-corrected chi connectivity index (χ2v) is 5.43. The number of hydrogen-bond acceptors (Lipinski definition) is 5. The summed E-state index contributed by atoms with van der Waals surface area (Å²) in [4.78, 5) is 11.8. The first-order valence-electron chi connectivity index (χ1n) is 7.66. The van der Waals surface area contributed by atoms with Gasteiger partial charge in [0.25, 0.3) is 0 Å². The molecule has 2 heterocycles. The maximum atomic E-state index is 13.7. The Kier molecular flexibility index (Phi) is 4.79. The van der Waals surface area contributed by atoms with E-state index in [-0.39, 0.29) is 12.4 Å². The van der Waals surface area contributed by atoms with Crippen molar-refractivity contribution in [3.05, 3.63) is 71.1 Å². The second kappa shape index (κ2) is 7.17. The van der Waals surface area contributed by atoms with E-state index >= 15 is 0 Å². The van der Waals surface area contributed by atoms with Crippen LogP contribution in [0.2, 0.25) is 0 Å². The van der Waals surface area contributed by atoms with Crippen molar-refractivity contribution in [3.63, 3.8) is 0 Å². The molecule has 25 heavy (non-hydrogen) atoms. The molecule has 0 bridgehead atoms. The van der Waals surface area contributed by atoms with Gasteiger partial charge in [-0.15, -0.1) is 0 Å². The highest BCUT2D eigenvalue weighted by Gasteiger charge is 2.11. The fourth-order valence-electron chi connectivity index (χ4n) is 2.30. The normalized spacial score (nSPS) is 11.2. The van der Waals surface area contributed by atoms with Crippen molar-refractivity contribution in [1.29, 1.82) is 0 Å². The number of carbonyl (C=O) groups is 1. The summed E-state index contributed by atoms with van der Waals surface area (Å²) in [5.74, 6) is 0.541. The number of rotatable bonds is 5. The molecule has 0 amide bonds. The highest BCUT2D eigenvalue weighted by Crippen LogP contribution is 2.25. The van der Waals surface area contributed by atoms with E-state index in [0.29, 0.717) is 28.5 Å². The van der Waals surface area contributed by atoms with Gasteiger partial charge in [-0.1, -0.05) is 17.3 Å². The Hall–Kier alpha value is -3.15. The van der Waals surface area contributed by atoms with Gasteiger partial charge in [-0.05, 0) is 44.2 Å². The van der Waals surface area contributed by atoms with Gasteiger partial charge in [0.2, 0.25) is 0 Å². The topological polar surface area (TPSA) is 65.5 Å². The van der Waals surface area contributed by atoms with Gasteiger partial charge >= 0.3 is 5.97 Å². The molecule has 0 saturated heterocycles. The zero-order valence-corrected chi connectivity index (χ0v) is 13.8. The van der Waals surface area contributed by atoms with Gasteiger partial charge in [0.1, 0.15) is 29.7 Å². The molecule has 5 nitrogen and oxygen atoms in total. The van der Waals surface area contributed by atoms with E-state index < -0.39 is 5.97 Å². The Labute approximate surface area is 143 Å². The summed E-state index contributed by atoms with van der Waals surface area (Å²) >= 11 is 0. The average Bonchev–Trinajstić information content (AvgIpc) is 3.19. The molecule has 128 valence electrons. The predicted molar refractivity (Wildman–Crippen MR) is 88.9 cm³/mol. The van der Waals surface area contributed by atoms with Crippen LogP contribution in [0.15, 0.2) is 51.4 Å². The molecule has 0 aliphatic rings. The summed E-state index contributed by atoms with van der Waals surface area (Å²) < 4.78 is 29.4. The Morgan fingerprint density at radius 3 is 2.76 bits per heavy atom. The summed E-state index contributed by atoms with van der Waals surface area (Å²) in [5.41, 5.74) is 1.81. The lowest BCUT2D eigenvalue weighted by Gasteiger charge is -2.00. The van der Waals surface area contributed by atoms with Crippen LogP contribution >= 0.6 is 0 Å². The first kappa shape index (κ1) is 16.7. The van der Waals surface area contributed by atoms with Crippen LogP contribution in [0.1, 0.15) is 22.8 Å². The van der Waals surface area contributed by atoms with Crippen LogP contribution in [0, 0.1) is 19.7 Å². The lowest BCUT2D eigenvalue weighted by atomic mass is 10.1. The number of ether oxygens (including phenoxy) is 1. The molecule has 0 spiro atoms. The van der Waals surface area contributed by atoms with Crippen molar-refractivity contribution >= 4 is 12.0 Å². The summed E-state index contributed by atoms with van der Waals surface area (Å²) in [7, 11) is 0. The van der Waals surface area contributed by atoms with Crippen LogP contribution < -0.4 is 0 Å². The number of aryl methyl sites for hydroxylation is 2. The molecule has 3 aromatic rings. The first-order valence-corrected chi connectivity index (χ1v) is 7.66. The Bertz CT molecular complexity index is 904. The minimum atomic E-state index is -0.524. The molecule has 2 aromatic heterocycles. The third-order valence-electron chi connectivity index (χ3n) is 3.69. The zero-order chi connectivity index (χ0) is 17.8. The van der Waals surface area contributed by atoms with E-state index in [1.54, 1.807) is 44.2 Å². The van der Waals surface area contributed by atoms with Crippen molar-refractivity contribution in [1.82, 2.24) is 5.16 Å². The quantitative estimate of drug-likeness (QED) is 0.507. The SMILES string of the molecule is Cc1noc(C)c1COC(=O)/C=C/c1ccc(-c2ccccc2F)o1. The standard InChI is InChI=1S/C19H16FNO4/c1-12-16(13(2)25-21-12)11-23-19(22)10-8-14-7-9-18(24-14)15-5-3-4-6-17(15)20/h3-10H,11H2,1-2H3/b10-8+. The molecule has 0 aliphatic heterocycles. The van der Waals surface area contributed by atoms with E-state index in [4.69, 9.17) is 13.7 Å². The van der Waals surface area contributed by atoms with Crippen LogP contribution in [0.5, 0.6) is 0 Å². The van der Waals surface area contributed by atoms with Gasteiger partial charge in [0.05, 0.1) is 16.8 Å². The molecule has 0 radical (unpaired) electrons. The Morgan fingerprint density at radius 1 is 1.24 bits per heavy atom. The summed E-state index contributed by atoms with van der Waals surface area (Å²) in [6.45, 7) is 3.62. The van der Waals surface area contributed by atoms with Gasteiger partial charge in [-0.3, -0.25) is 0 Å². The van der Waals surface area contributed by atoms with E-state index in [1.165, 1.54) is 18.2 Å². The number of nitrogens with zero attached hydrogens (tertiary/aromatic N) is 1. The van der Waals surface area contributed by atoms with Gasteiger partial charge in [0.15, 0.2) is 0 Å². The number of benzene rings is 1. The lowest BCUT2D eigenvalue weighted by molar-refractivity contribution is -0.138. The molecule has 6 heteroatoms. The fourth-order valence-corrected chi connectivity index (χ4v) is 2.30. The minimum absolute atomic E-state index is 0.0863. The first-order chi connectivity index (χ1) is 12.0. The highest BCUT2D eigenvalue weighted by atomic mass is 19.1. The average molecular weight is 341 g/mol. The third kappa shape index (κ3) is 3.85. The maximum Gasteiger partial charge on any atom is 0.331 e. The van der Waals surface area contributed by atoms with E-state index in [1.807, 2.05) is 0 Å². The maximum absolute atomic E-state index is 13.7. The number of hydrogen-bond donors (Lipinski definition) is 0. The number of carbonyl (C=O) groups excluding carboxylic acids is 1. The number of furan rings is 1. The molecule has 3 rings (SSSR count). The minimum Gasteiger partial charge on any atom is -0.457 e. The second-order valence-electron chi connectivity index (χ2n) is 5.43. The smallest absolute Gasteiger partial charge is 0.331 e. The van der Waals surface area contributed by atoms with Crippen LogP contribution in [0.25, 0.3) is 17.4 Å². The highest BCUT2D eigenvalue weighted by molar-refractivity contribution is 5.86. The zero-order valence-electron chi connectivity index (χ0n) is 13.8. The summed E-state index contributed by atoms with van der Waals surface area (Å²) in [6.07, 6.45) is 2.72. The van der Waals surface area contributed by atoms with Crippen molar-refractivity contribution in [2.45, 2.75) is 20.5 Å². The van der Waals surface area contributed by atoms with E-state index in [9.17, 15) is 9.18 Å². The van der Waals surface area contributed by atoms with Gasteiger partial charge in [-0.2, -0.15) is 0 Å². The van der Waals surface area contributed by atoms with Crippen molar-refractivity contribution in [3.8, 4) is 11.3 Å². The van der Waals surface area contributed by atoms with Crippen molar-refractivity contribution in [2.75, 3.05) is 0 Å². The number of halogens is 1. The number of aromatic nitrogens is 1. The molecular formula is C19H16FNO4. The molecule has 0 saturated carbocycles. The van der Waals surface area contributed by atoms with Crippen molar-refractivity contribution in [2.24, 2.45) is 0 Å². The lowest BCUT2D eigenvalue weighted by Crippen LogP contribution is -2.02. The van der Waals surface area contributed by atoms with E-state index in [0.717, 1.165) is 5.56 Å². The van der Waals surface area contributed by atoms with Gasteiger partial charge < -0.3 is 13.7 Å². The molecule has 0 N–H and O–H groups in total. The molecule has 0 unspecified atom stereocenters. The predicted octanol–water partition coefficient (Wildman–Crippen LogP) is 4.45. The van der Waals surface area contributed by atoms with Gasteiger partial charge in [-0.25, -0.2) is 9.18 Å². The molecule has 0 atom stereocenters. The van der Waals surface area contributed by atoms with Crippen LogP contribution in [-0.4, -0.2) is 11.1 Å². The number of esters is 1. The van der Waals surface area contributed by atoms with Crippen LogP contribution in [0.3, 0.4) is 0 Å². The van der Waals surface area contributed by atoms with Gasteiger partial charge in [0, 0.05) is 6.08 Å². The monoisotopic (exact) mass is 341 g/mol. The largest absolute Gasteiger partial charge is 0.457 e. The molecule has 0 aliphatic carbocycles. The third-order valence-corrected chi connectivity index (χ3v) is 3.69. The van der Waals surface area contributed by atoms with Crippen LogP contribution in [0.4, 0.5) is 4.39 Å².